The number of hydrogen-bond donors (Lipinski definition) is 0. The molecule has 0 aliphatic rings. The number of carbonyl (C=O) groups excluding carboxylic acids is 1. The van der Waals surface area contributed by atoms with Gasteiger partial charge in [0.15, 0.2) is 0 Å². The van der Waals surface area contributed by atoms with Crippen LogP contribution in [0.4, 0.5) is 0 Å². The molecule has 0 atom stereocenters. The van der Waals surface area contributed by atoms with E-state index in [1.54, 1.807) is 0 Å². The van der Waals surface area contributed by atoms with E-state index in [4.69, 9.17) is 9.47 Å². The molecule has 0 aliphatic carbocycles. The number of benzene rings is 1. The Bertz CT molecular complexity index is 415. The fraction of sp³-hybridized carbons (Fsp3) is 0.611. The van der Waals surface area contributed by atoms with E-state index in [9.17, 15) is 4.79 Å². The summed E-state index contributed by atoms with van der Waals surface area (Å²) in [5, 5.41) is 0. The van der Waals surface area contributed by atoms with Gasteiger partial charge in [0.05, 0.1) is 18.8 Å². The van der Waals surface area contributed by atoms with Gasteiger partial charge in [0.1, 0.15) is 6.61 Å². The van der Waals surface area contributed by atoms with E-state index in [1.807, 2.05) is 24.3 Å². The summed E-state index contributed by atoms with van der Waals surface area (Å²) < 4.78 is 10.7. The largest absolute Gasteiger partial charge is 0.460 e. The average Bonchev–Trinajstić information content (AvgIpc) is 2.44. The molecule has 1 rings (SSSR count). The van der Waals surface area contributed by atoms with Crippen LogP contribution in [0.25, 0.3) is 0 Å². The standard InChI is InChI=1S/C18H28O3/c1-5-6-7-15-8-10-16(11-9-15)17(19)21-13-12-20-14-18(2,3)4/h8-11H,5-7,12-14H2,1-4H3. The number of aryl methyl sites for hydroxylation is 1. The Kier molecular flexibility index (Phi) is 7.44. The van der Waals surface area contributed by atoms with E-state index in [0.717, 1.165) is 6.42 Å². The summed E-state index contributed by atoms with van der Waals surface area (Å²) in [5.41, 5.74) is 2.01. The van der Waals surface area contributed by atoms with Crippen LogP contribution in [0.3, 0.4) is 0 Å². The number of carbonyl (C=O) groups is 1. The van der Waals surface area contributed by atoms with Crippen LogP contribution < -0.4 is 0 Å². The van der Waals surface area contributed by atoms with Crippen LogP contribution >= 0.6 is 0 Å². The van der Waals surface area contributed by atoms with Crippen molar-refractivity contribution < 1.29 is 14.3 Å². The van der Waals surface area contributed by atoms with Crippen LogP contribution in [0.15, 0.2) is 24.3 Å². The number of rotatable bonds is 8. The first kappa shape index (κ1) is 17.7. The van der Waals surface area contributed by atoms with Crippen molar-refractivity contribution in [2.45, 2.75) is 47.0 Å². The van der Waals surface area contributed by atoms with Crippen LogP contribution in [0.1, 0.15) is 56.5 Å². The highest BCUT2D eigenvalue weighted by molar-refractivity contribution is 5.89. The second-order valence-corrected chi connectivity index (χ2v) is 6.55. The van der Waals surface area contributed by atoms with Crippen molar-refractivity contribution in [2.75, 3.05) is 19.8 Å². The highest BCUT2D eigenvalue weighted by atomic mass is 16.6. The summed E-state index contributed by atoms with van der Waals surface area (Å²) in [6.07, 6.45) is 3.42. The van der Waals surface area contributed by atoms with Gasteiger partial charge in [0.2, 0.25) is 0 Å². The van der Waals surface area contributed by atoms with Crippen LogP contribution in [-0.4, -0.2) is 25.8 Å². The van der Waals surface area contributed by atoms with Gasteiger partial charge in [0, 0.05) is 0 Å². The Hall–Kier alpha value is -1.35. The van der Waals surface area contributed by atoms with E-state index < -0.39 is 0 Å². The lowest BCUT2D eigenvalue weighted by Gasteiger charge is -2.17. The summed E-state index contributed by atoms with van der Waals surface area (Å²) in [6, 6.07) is 7.68. The molecule has 0 saturated heterocycles. The van der Waals surface area contributed by atoms with Crippen LogP contribution in [-0.2, 0) is 15.9 Å². The molecule has 0 saturated carbocycles. The Morgan fingerprint density at radius 3 is 2.33 bits per heavy atom. The molecule has 0 spiro atoms. The van der Waals surface area contributed by atoms with Gasteiger partial charge in [0.25, 0.3) is 0 Å². The molecule has 0 aliphatic heterocycles. The van der Waals surface area contributed by atoms with E-state index in [1.165, 1.54) is 18.4 Å². The third-order valence-electron chi connectivity index (χ3n) is 3.00. The predicted molar refractivity (Wildman–Crippen MR) is 85.6 cm³/mol. The lowest BCUT2D eigenvalue weighted by atomic mass is 9.99. The molecular formula is C18H28O3. The molecular weight excluding hydrogens is 264 g/mol. The van der Waals surface area contributed by atoms with Crippen molar-refractivity contribution in [3.63, 3.8) is 0 Å². The molecule has 3 nitrogen and oxygen atoms in total. The molecule has 3 heteroatoms. The third-order valence-corrected chi connectivity index (χ3v) is 3.00. The van der Waals surface area contributed by atoms with Crippen LogP contribution in [0, 0.1) is 5.41 Å². The Balaban J connectivity index is 2.28. The van der Waals surface area contributed by atoms with E-state index in [2.05, 4.69) is 27.7 Å². The van der Waals surface area contributed by atoms with E-state index in [0.29, 0.717) is 25.4 Å². The van der Waals surface area contributed by atoms with Gasteiger partial charge >= 0.3 is 5.97 Å². The zero-order valence-electron chi connectivity index (χ0n) is 13.8. The monoisotopic (exact) mass is 292 g/mol. The van der Waals surface area contributed by atoms with Crippen molar-refractivity contribution in [1.29, 1.82) is 0 Å². The Morgan fingerprint density at radius 2 is 1.76 bits per heavy atom. The topological polar surface area (TPSA) is 35.5 Å². The molecule has 21 heavy (non-hydrogen) atoms. The summed E-state index contributed by atoms with van der Waals surface area (Å²) >= 11 is 0. The molecule has 0 fully saturated rings. The molecule has 1 aromatic rings. The van der Waals surface area contributed by atoms with Crippen molar-refractivity contribution >= 4 is 5.97 Å². The molecule has 1 aromatic carbocycles. The molecule has 0 unspecified atom stereocenters. The minimum atomic E-state index is -0.281. The van der Waals surface area contributed by atoms with Gasteiger partial charge in [-0.2, -0.15) is 0 Å². The zero-order chi connectivity index (χ0) is 15.7. The fourth-order valence-electron chi connectivity index (χ4n) is 1.84. The normalized spacial score (nSPS) is 11.4. The first-order chi connectivity index (χ1) is 9.92. The molecule has 0 aromatic heterocycles. The number of unbranched alkanes of at least 4 members (excludes halogenated alkanes) is 1. The third kappa shape index (κ3) is 7.86. The number of hydrogen-bond acceptors (Lipinski definition) is 3. The van der Waals surface area contributed by atoms with Gasteiger partial charge in [-0.3, -0.25) is 0 Å². The van der Waals surface area contributed by atoms with Crippen molar-refractivity contribution in [3.8, 4) is 0 Å². The summed E-state index contributed by atoms with van der Waals surface area (Å²) in [7, 11) is 0. The SMILES string of the molecule is CCCCc1ccc(C(=O)OCCOCC(C)(C)C)cc1. The first-order valence-electron chi connectivity index (χ1n) is 7.76. The maximum Gasteiger partial charge on any atom is 0.338 e. The van der Waals surface area contributed by atoms with Crippen molar-refractivity contribution in [1.82, 2.24) is 0 Å². The molecule has 0 heterocycles. The Labute approximate surface area is 128 Å². The van der Waals surface area contributed by atoms with E-state index in [-0.39, 0.29) is 11.4 Å². The summed E-state index contributed by atoms with van der Waals surface area (Å²) in [6.45, 7) is 9.91. The average molecular weight is 292 g/mol. The van der Waals surface area contributed by atoms with Gasteiger partial charge in [-0.25, -0.2) is 4.79 Å². The smallest absolute Gasteiger partial charge is 0.338 e. The minimum Gasteiger partial charge on any atom is -0.460 e. The minimum absolute atomic E-state index is 0.137. The lowest BCUT2D eigenvalue weighted by molar-refractivity contribution is 0.0179. The fourth-order valence-corrected chi connectivity index (χ4v) is 1.84. The van der Waals surface area contributed by atoms with Gasteiger partial charge in [-0.05, 0) is 36.0 Å². The maximum absolute atomic E-state index is 11.9. The lowest BCUT2D eigenvalue weighted by Crippen LogP contribution is -2.18. The molecule has 118 valence electrons. The number of esters is 1. The van der Waals surface area contributed by atoms with Gasteiger partial charge in [-0.1, -0.05) is 46.2 Å². The maximum atomic E-state index is 11.9. The van der Waals surface area contributed by atoms with Gasteiger partial charge in [-0.15, -0.1) is 0 Å². The molecule has 0 bridgehead atoms. The Morgan fingerprint density at radius 1 is 1.10 bits per heavy atom. The molecule has 0 radical (unpaired) electrons. The van der Waals surface area contributed by atoms with Crippen molar-refractivity contribution in [2.24, 2.45) is 5.41 Å². The zero-order valence-corrected chi connectivity index (χ0v) is 13.8. The summed E-state index contributed by atoms with van der Waals surface area (Å²) in [5.74, 6) is -0.281. The van der Waals surface area contributed by atoms with Gasteiger partial charge < -0.3 is 9.47 Å². The molecule has 0 N–H and O–H groups in total. The van der Waals surface area contributed by atoms with E-state index >= 15 is 0 Å². The summed E-state index contributed by atoms with van der Waals surface area (Å²) in [4.78, 5) is 11.9. The quantitative estimate of drug-likeness (QED) is 0.531. The first-order valence-corrected chi connectivity index (χ1v) is 7.76. The second kappa shape index (κ2) is 8.83. The van der Waals surface area contributed by atoms with Crippen LogP contribution in [0.5, 0.6) is 0 Å². The highest BCUT2D eigenvalue weighted by Crippen LogP contribution is 2.12. The molecule has 0 amide bonds. The second-order valence-electron chi connectivity index (χ2n) is 6.55. The predicted octanol–water partition coefficient (Wildman–Crippen LogP) is 4.25. The van der Waals surface area contributed by atoms with Crippen LogP contribution in [0.2, 0.25) is 0 Å². The van der Waals surface area contributed by atoms with Crippen molar-refractivity contribution in [3.05, 3.63) is 35.4 Å². The highest BCUT2D eigenvalue weighted by Gasteiger charge is 2.10. The number of ether oxygens (including phenoxy) is 2.